The highest BCUT2D eigenvalue weighted by molar-refractivity contribution is 5.88. The van der Waals surface area contributed by atoms with Crippen LogP contribution in [-0.2, 0) is 16.1 Å². The Morgan fingerprint density at radius 3 is 2.19 bits per heavy atom. The summed E-state index contributed by atoms with van der Waals surface area (Å²) in [5.41, 5.74) is 3.18. The van der Waals surface area contributed by atoms with Gasteiger partial charge in [0.15, 0.2) is 6.61 Å². The van der Waals surface area contributed by atoms with Gasteiger partial charge in [-0.1, -0.05) is 32.0 Å². The Labute approximate surface area is 191 Å². The fourth-order valence-corrected chi connectivity index (χ4v) is 3.32. The molecule has 0 heterocycles. The van der Waals surface area contributed by atoms with Crippen molar-refractivity contribution in [1.29, 1.82) is 0 Å². The fraction of sp³-hybridized carbons (Fsp3) is 0.462. The lowest BCUT2D eigenvalue weighted by atomic mass is 10.1. The summed E-state index contributed by atoms with van der Waals surface area (Å²) in [4.78, 5) is 27.8. The number of hydrogen-bond acceptors (Lipinski definition) is 4. The Balaban J connectivity index is 2.22. The molecule has 0 aliphatic carbocycles. The van der Waals surface area contributed by atoms with Crippen LogP contribution in [0.1, 0.15) is 50.3 Å². The van der Waals surface area contributed by atoms with Gasteiger partial charge in [-0.05, 0) is 74.6 Å². The van der Waals surface area contributed by atoms with E-state index in [1.54, 1.807) is 12.0 Å². The Morgan fingerprint density at radius 2 is 1.62 bits per heavy atom. The molecule has 0 saturated heterocycles. The molecule has 0 aromatic heterocycles. The summed E-state index contributed by atoms with van der Waals surface area (Å²) in [6.07, 6.45) is 1.33. The van der Waals surface area contributed by atoms with Gasteiger partial charge in [-0.2, -0.15) is 0 Å². The number of nitrogens with one attached hydrogen (secondary N) is 1. The fourth-order valence-electron chi connectivity index (χ4n) is 3.32. The van der Waals surface area contributed by atoms with E-state index in [2.05, 4.69) is 5.32 Å². The predicted octanol–water partition coefficient (Wildman–Crippen LogP) is 4.41. The quantitative estimate of drug-likeness (QED) is 0.562. The van der Waals surface area contributed by atoms with E-state index in [1.807, 2.05) is 77.1 Å². The van der Waals surface area contributed by atoms with Crippen LogP contribution < -0.4 is 14.8 Å². The van der Waals surface area contributed by atoms with Crippen molar-refractivity contribution >= 4 is 11.8 Å². The van der Waals surface area contributed by atoms with Gasteiger partial charge in [0, 0.05) is 12.6 Å². The molecule has 0 fully saturated rings. The van der Waals surface area contributed by atoms with E-state index in [0.29, 0.717) is 18.7 Å². The molecule has 0 saturated carbocycles. The number of rotatable bonds is 11. The van der Waals surface area contributed by atoms with Crippen molar-refractivity contribution in [2.24, 2.45) is 0 Å². The molecule has 174 valence electrons. The second kappa shape index (κ2) is 12.1. The van der Waals surface area contributed by atoms with Gasteiger partial charge < -0.3 is 19.7 Å². The zero-order chi connectivity index (χ0) is 23.7. The van der Waals surface area contributed by atoms with Crippen molar-refractivity contribution in [2.75, 3.05) is 13.7 Å². The van der Waals surface area contributed by atoms with Crippen LogP contribution in [0, 0.1) is 13.8 Å². The minimum atomic E-state index is -0.582. The number of hydrogen-bond donors (Lipinski definition) is 1. The summed E-state index contributed by atoms with van der Waals surface area (Å²) in [5, 5.41) is 3.01. The second-order valence-corrected chi connectivity index (χ2v) is 8.15. The first-order chi connectivity index (χ1) is 15.3. The zero-order valence-electron chi connectivity index (χ0n) is 20.1. The van der Waals surface area contributed by atoms with Crippen molar-refractivity contribution in [3.63, 3.8) is 0 Å². The van der Waals surface area contributed by atoms with Crippen molar-refractivity contribution < 1.29 is 19.1 Å². The highest BCUT2D eigenvalue weighted by Crippen LogP contribution is 2.19. The maximum absolute atomic E-state index is 13.3. The average molecular weight is 441 g/mol. The maximum Gasteiger partial charge on any atom is 0.261 e. The van der Waals surface area contributed by atoms with Gasteiger partial charge in [0.25, 0.3) is 5.91 Å². The molecule has 2 rings (SSSR count). The van der Waals surface area contributed by atoms with Crippen LogP contribution in [0.3, 0.4) is 0 Å². The van der Waals surface area contributed by atoms with Crippen LogP contribution in [0.25, 0.3) is 0 Å². The molecule has 0 radical (unpaired) electrons. The number of methoxy groups -OCH3 is 1. The first-order valence-corrected chi connectivity index (χ1v) is 11.2. The molecule has 6 heteroatoms. The molecule has 0 aliphatic rings. The number of aryl methyl sites for hydroxylation is 2. The number of carbonyl (C=O) groups is 2. The SMILES string of the molecule is CC[C@@H](C)NC(=O)[C@H](CC)N(Cc1ccc(OC)cc1)C(=O)COc1ccc(C)c(C)c1. The molecule has 2 aromatic carbocycles. The number of amides is 2. The van der Waals surface area contributed by atoms with E-state index < -0.39 is 6.04 Å². The normalized spacial score (nSPS) is 12.6. The Kier molecular flexibility index (Phi) is 9.57. The lowest BCUT2D eigenvalue weighted by Gasteiger charge is -2.31. The largest absolute Gasteiger partial charge is 0.497 e. The number of nitrogens with zero attached hydrogens (tertiary/aromatic N) is 1. The third-order valence-electron chi connectivity index (χ3n) is 5.74. The monoisotopic (exact) mass is 440 g/mol. The van der Waals surface area contributed by atoms with E-state index in [1.165, 1.54) is 0 Å². The van der Waals surface area contributed by atoms with Gasteiger partial charge >= 0.3 is 0 Å². The first-order valence-electron chi connectivity index (χ1n) is 11.2. The molecule has 2 amide bonds. The first kappa shape index (κ1) is 25.2. The minimum absolute atomic E-state index is 0.0428. The van der Waals surface area contributed by atoms with Gasteiger partial charge in [-0.25, -0.2) is 0 Å². The molecule has 6 nitrogen and oxygen atoms in total. The molecule has 2 atom stereocenters. The van der Waals surface area contributed by atoms with E-state index in [9.17, 15) is 9.59 Å². The van der Waals surface area contributed by atoms with Crippen LogP contribution in [0.2, 0.25) is 0 Å². The standard InChI is InChI=1S/C26H36N2O4/c1-7-20(5)27-26(30)24(8-2)28(16-21-10-13-22(31-6)14-11-21)25(29)17-32-23-12-9-18(3)19(4)15-23/h9-15,20,24H,7-8,16-17H2,1-6H3,(H,27,30)/t20-,24+/m1/s1. The summed E-state index contributed by atoms with van der Waals surface area (Å²) in [5.74, 6) is 1.01. The summed E-state index contributed by atoms with van der Waals surface area (Å²) >= 11 is 0. The predicted molar refractivity (Wildman–Crippen MR) is 127 cm³/mol. The molecule has 0 unspecified atom stereocenters. The highest BCUT2D eigenvalue weighted by atomic mass is 16.5. The molecular formula is C26H36N2O4. The summed E-state index contributed by atoms with van der Waals surface area (Å²) in [6.45, 7) is 10.1. The van der Waals surface area contributed by atoms with Crippen LogP contribution in [-0.4, -0.2) is 42.5 Å². The van der Waals surface area contributed by atoms with Gasteiger partial charge in [0.1, 0.15) is 17.5 Å². The molecule has 1 N–H and O–H groups in total. The van der Waals surface area contributed by atoms with Crippen molar-refractivity contribution in [3.8, 4) is 11.5 Å². The number of carbonyl (C=O) groups excluding carboxylic acids is 2. The van der Waals surface area contributed by atoms with E-state index >= 15 is 0 Å². The molecule has 2 aromatic rings. The smallest absolute Gasteiger partial charge is 0.261 e. The van der Waals surface area contributed by atoms with Gasteiger partial charge in [0.2, 0.25) is 5.91 Å². The maximum atomic E-state index is 13.3. The number of benzene rings is 2. The van der Waals surface area contributed by atoms with Crippen LogP contribution >= 0.6 is 0 Å². The third-order valence-corrected chi connectivity index (χ3v) is 5.74. The van der Waals surface area contributed by atoms with Gasteiger partial charge in [-0.3, -0.25) is 9.59 Å². The average Bonchev–Trinajstić information content (AvgIpc) is 2.79. The number of ether oxygens (including phenoxy) is 2. The van der Waals surface area contributed by atoms with Gasteiger partial charge in [0.05, 0.1) is 7.11 Å². The second-order valence-electron chi connectivity index (χ2n) is 8.15. The summed E-state index contributed by atoms with van der Waals surface area (Å²) in [6, 6.07) is 12.7. The van der Waals surface area contributed by atoms with E-state index in [-0.39, 0.29) is 24.5 Å². The third kappa shape index (κ3) is 7.01. The van der Waals surface area contributed by atoms with Crippen LogP contribution in [0.15, 0.2) is 42.5 Å². The van der Waals surface area contributed by atoms with Gasteiger partial charge in [-0.15, -0.1) is 0 Å². The zero-order valence-corrected chi connectivity index (χ0v) is 20.1. The van der Waals surface area contributed by atoms with E-state index in [0.717, 1.165) is 28.9 Å². The topological polar surface area (TPSA) is 67.9 Å². The van der Waals surface area contributed by atoms with Crippen molar-refractivity contribution in [3.05, 3.63) is 59.2 Å². The van der Waals surface area contributed by atoms with Crippen molar-refractivity contribution in [1.82, 2.24) is 10.2 Å². The lowest BCUT2D eigenvalue weighted by molar-refractivity contribution is -0.143. The molecular weight excluding hydrogens is 404 g/mol. The minimum Gasteiger partial charge on any atom is -0.497 e. The van der Waals surface area contributed by atoms with E-state index in [4.69, 9.17) is 9.47 Å². The Bertz CT molecular complexity index is 895. The molecule has 0 bridgehead atoms. The van der Waals surface area contributed by atoms with Crippen LogP contribution in [0.4, 0.5) is 0 Å². The van der Waals surface area contributed by atoms with Crippen molar-refractivity contribution in [2.45, 2.75) is 66.1 Å². The Hall–Kier alpha value is -3.02. The molecule has 32 heavy (non-hydrogen) atoms. The molecule has 0 aliphatic heterocycles. The molecule has 0 spiro atoms. The Morgan fingerprint density at radius 1 is 0.969 bits per heavy atom. The summed E-state index contributed by atoms with van der Waals surface area (Å²) in [7, 11) is 1.61. The van der Waals surface area contributed by atoms with Crippen LogP contribution in [0.5, 0.6) is 11.5 Å². The highest BCUT2D eigenvalue weighted by Gasteiger charge is 2.29. The lowest BCUT2D eigenvalue weighted by Crippen LogP contribution is -2.51. The summed E-state index contributed by atoms with van der Waals surface area (Å²) < 4.78 is 11.0.